The summed E-state index contributed by atoms with van der Waals surface area (Å²) in [6.45, 7) is 0. The fourth-order valence-electron chi connectivity index (χ4n) is 4.16. The molecule has 0 aliphatic carbocycles. The molecule has 0 spiro atoms. The number of carbonyl (C=O) groups is 2. The highest BCUT2D eigenvalue weighted by atomic mass is 16.6. The zero-order chi connectivity index (χ0) is 19.8. The van der Waals surface area contributed by atoms with E-state index in [1.54, 1.807) is 0 Å². The van der Waals surface area contributed by atoms with Gasteiger partial charge >= 0.3 is 11.9 Å². The molecule has 3 rings (SSSR count). The second-order valence-electron chi connectivity index (χ2n) is 7.06. The SMILES string of the molecule is COc1cc(C(=O)OC2(C(=O)O)C[C@H]3CC[C@H](C2)N3C)cc(OC)c1OC. The molecule has 2 bridgehead atoms. The summed E-state index contributed by atoms with van der Waals surface area (Å²) in [5.41, 5.74) is -1.37. The molecule has 2 atom stereocenters. The van der Waals surface area contributed by atoms with Gasteiger partial charge in [0.15, 0.2) is 11.5 Å². The van der Waals surface area contributed by atoms with Crippen molar-refractivity contribution in [3.63, 3.8) is 0 Å². The molecule has 0 saturated carbocycles. The Morgan fingerprint density at radius 1 is 1.04 bits per heavy atom. The summed E-state index contributed by atoms with van der Waals surface area (Å²) in [7, 11) is 6.35. The summed E-state index contributed by atoms with van der Waals surface area (Å²) < 4.78 is 21.4. The van der Waals surface area contributed by atoms with Crippen molar-refractivity contribution < 1.29 is 33.6 Å². The second-order valence-corrected chi connectivity index (χ2v) is 7.06. The number of methoxy groups -OCH3 is 3. The number of hydrogen-bond donors (Lipinski definition) is 1. The predicted octanol–water partition coefficient (Wildman–Crippen LogP) is 1.95. The summed E-state index contributed by atoms with van der Waals surface area (Å²) in [4.78, 5) is 27.1. The monoisotopic (exact) mass is 379 g/mol. The molecule has 1 N–H and O–H groups in total. The molecule has 2 aliphatic heterocycles. The van der Waals surface area contributed by atoms with Gasteiger partial charge in [0.05, 0.1) is 26.9 Å². The van der Waals surface area contributed by atoms with Crippen molar-refractivity contribution in [3.05, 3.63) is 17.7 Å². The van der Waals surface area contributed by atoms with E-state index in [0.717, 1.165) is 12.8 Å². The molecular weight excluding hydrogens is 354 g/mol. The van der Waals surface area contributed by atoms with Crippen LogP contribution in [-0.4, -0.2) is 68.0 Å². The number of carboxylic acids is 1. The van der Waals surface area contributed by atoms with Gasteiger partial charge in [-0.2, -0.15) is 0 Å². The molecule has 27 heavy (non-hydrogen) atoms. The largest absolute Gasteiger partial charge is 0.493 e. The molecule has 0 amide bonds. The minimum Gasteiger partial charge on any atom is -0.493 e. The highest BCUT2D eigenvalue weighted by Gasteiger charge is 2.54. The zero-order valence-corrected chi connectivity index (χ0v) is 16.0. The summed E-state index contributed by atoms with van der Waals surface area (Å²) in [6.07, 6.45) is 2.40. The fraction of sp³-hybridized carbons (Fsp3) is 0.579. The third kappa shape index (κ3) is 3.29. The smallest absolute Gasteiger partial charge is 0.348 e. The van der Waals surface area contributed by atoms with E-state index in [9.17, 15) is 14.7 Å². The first kappa shape index (κ1) is 19.3. The number of carboxylic acid groups (broad SMARTS) is 1. The number of carbonyl (C=O) groups excluding carboxylic acids is 1. The van der Waals surface area contributed by atoms with E-state index in [4.69, 9.17) is 18.9 Å². The molecule has 2 fully saturated rings. The number of aliphatic carboxylic acids is 1. The summed E-state index contributed by atoms with van der Waals surface area (Å²) in [6, 6.07) is 3.13. The zero-order valence-electron chi connectivity index (χ0n) is 16.0. The average Bonchev–Trinajstić information content (AvgIpc) is 2.87. The van der Waals surface area contributed by atoms with Gasteiger partial charge in [0.1, 0.15) is 0 Å². The van der Waals surface area contributed by atoms with Gasteiger partial charge in [0.2, 0.25) is 11.4 Å². The molecule has 2 aliphatic rings. The van der Waals surface area contributed by atoms with E-state index < -0.39 is 17.5 Å². The van der Waals surface area contributed by atoms with Crippen LogP contribution in [0.15, 0.2) is 12.1 Å². The summed E-state index contributed by atoms with van der Waals surface area (Å²) in [5.74, 6) is -0.871. The van der Waals surface area contributed by atoms with Gasteiger partial charge in [-0.3, -0.25) is 0 Å². The summed E-state index contributed by atoms with van der Waals surface area (Å²) >= 11 is 0. The number of fused-ring (bicyclic) bond motifs is 2. The molecule has 2 heterocycles. The Bertz CT molecular complexity index is 709. The van der Waals surface area contributed by atoms with E-state index >= 15 is 0 Å². The van der Waals surface area contributed by atoms with Crippen LogP contribution in [0.5, 0.6) is 17.2 Å². The number of esters is 1. The van der Waals surface area contributed by atoms with Gasteiger partial charge in [-0.15, -0.1) is 0 Å². The molecular formula is C19H25NO7. The van der Waals surface area contributed by atoms with Gasteiger partial charge in [0, 0.05) is 24.9 Å². The number of nitrogens with zero attached hydrogens (tertiary/aromatic N) is 1. The topological polar surface area (TPSA) is 94.5 Å². The number of piperidine rings is 1. The van der Waals surface area contributed by atoms with E-state index in [1.165, 1.54) is 33.5 Å². The fourth-order valence-corrected chi connectivity index (χ4v) is 4.16. The average molecular weight is 379 g/mol. The third-order valence-electron chi connectivity index (χ3n) is 5.69. The Labute approximate surface area is 157 Å². The molecule has 0 unspecified atom stereocenters. The van der Waals surface area contributed by atoms with Crippen LogP contribution in [0.1, 0.15) is 36.0 Å². The van der Waals surface area contributed by atoms with E-state index in [0.29, 0.717) is 17.2 Å². The van der Waals surface area contributed by atoms with Gasteiger partial charge in [-0.25, -0.2) is 9.59 Å². The third-order valence-corrected chi connectivity index (χ3v) is 5.69. The molecule has 8 heteroatoms. The standard InChI is InChI=1S/C19H25NO7/c1-20-12-5-6-13(20)10-19(9-12,18(22)23)27-17(21)11-7-14(24-2)16(26-4)15(8-11)25-3/h7-8,12-13H,5-6,9-10H2,1-4H3,(H,22,23)/t12-,13-/m1/s1. The molecule has 1 aromatic rings. The van der Waals surface area contributed by atoms with Crippen LogP contribution in [0, 0.1) is 0 Å². The van der Waals surface area contributed by atoms with Crippen molar-refractivity contribution in [2.45, 2.75) is 43.4 Å². The van der Waals surface area contributed by atoms with Crippen molar-refractivity contribution in [1.29, 1.82) is 0 Å². The van der Waals surface area contributed by atoms with E-state index in [2.05, 4.69) is 4.90 Å². The van der Waals surface area contributed by atoms with Crippen LogP contribution in [0.2, 0.25) is 0 Å². The normalized spacial score (nSPS) is 27.1. The van der Waals surface area contributed by atoms with Gasteiger partial charge in [0.25, 0.3) is 0 Å². The molecule has 1 aromatic carbocycles. The van der Waals surface area contributed by atoms with Gasteiger partial charge < -0.3 is 29.0 Å². The van der Waals surface area contributed by atoms with Crippen molar-refractivity contribution in [3.8, 4) is 17.2 Å². The number of ether oxygens (including phenoxy) is 4. The van der Waals surface area contributed by atoms with Crippen molar-refractivity contribution >= 4 is 11.9 Å². The number of rotatable bonds is 6. The Balaban J connectivity index is 1.90. The first-order chi connectivity index (χ1) is 12.8. The Hall–Kier alpha value is -2.48. The number of benzene rings is 1. The molecule has 148 valence electrons. The molecule has 2 saturated heterocycles. The Morgan fingerprint density at radius 2 is 1.56 bits per heavy atom. The van der Waals surface area contributed by atoms with Crippen LogP contribution in [0.25, 0.3) is 0 Å². The highest BCUT2D eigenvalue weighted by molar-refractivity contribution is 5.94. The van der Waals surface area contributed by atoms with E-state index in [-0.39, 0.29) is 30.5 Å². The van der Waals surface area contributed by atoms with Crippen molar-refractivity contribution in [2.75, 3.05) is 28.4 Å². The lowest BCUT2D eigenvalue weighted by molar-refractivity contribution is -0.167. The maximum Gasteiger partial charge on any atom is 0.348 e. The van der Waals surface area contributed by atoms with Crippen molar-refractivity contribution in [1.82, 2.24) is 4.90 Å². The lowest BCUT2D eigenvalue weighted by Crippen LogP contribution is -2.55. The minimum atomic E-state index is -1.52. The highest BCUT2D eigenvalue weighted by Crippen LogP contribution is 2.43. The minimum absolute atomic E-state index is 0.104. The van der Waals surface area contributed by atoms with E-state index in [1.807, 2.05) is 7.05 Å². The Kier molecular flexibility index (Phi) is 5.19. The van der Waals surface area contributed by atoms with Crippen LogP contribution in [-0.2, 0) is 9.53 Å². The molecule has 0 aromatic heterocycles. The van der Waals surface area contributed by atoms with Gasteiger partial charge in [-0.05, 0) is 32.0 Å². The lowest BCUT2D eigenvalue weighted by atomic mass is 9.86. The lowest BCUT2D eigenvalue weighted by Gasteiger charge is -2.41. The number of hydrogen-bond acceptors (Lipinski definition) is 7. The molecule has 0 radical (unpaired) electrons. The Morgan fingerprint density at radius 3 is 1.96 bits per heavy atom. The van der Waals surface area contributed by atoms with Crippen LogP contribution < -0.4 is 14.2 Å². The quantitative estimate of drug-likeness (QED) is 0.750. The summed E-state index contributed by atoms with van der Waals surface area (Å²) in [5, 5.41) is 9.85. The van der Waals surface area contributed by atoms with Crippen LogP contribution >= 0.6 is 0 Å². The second kappa shape index (κ2) is 7.26. The van der Waals surface area contributed by atoms with Gasteiger partial charge in [-0.1, -0.05) is 0 Å². The maximum atomic E-state index is 12.8. The predicted molar refractivity (Wildman–Crippen MR) is 95.7 cm³/mol. The van der Waals surface area contributed by atoms with Crippen LogP contribution in [0.4, 0.5) is 0 Å². The first-order valence-electron chi connectivity index (χ1n) is 8.84. The molecule has 8 nitrogen and oxygen atoms in total. The van der Waals surface area contributed by atoms with Crippen LogP contribution in [0.3, 0.4) is 0 Å². The van der Waals surface area contributed by atoms with Crippen molar-refractivity contribution in [2.24, 2.45) is 0 Å². The first-order valence-corrected chi connectivity index (χ1v) is 8.84. The maximum absolute atomic E-state index is 12.8.